The molecule has 0 heterocycles. The number of amides is 1. The first-order valence-corrected chi connectivity index (χ1v) is 7.80. The number of carboxylic acid groups (broad SMARTS) is 1. The molecule has 2 atom stereocenters. The van der Waals surface area contributed by atoms with Crippen molar-refractivity contribution in [1.29, 1.82) is 0 Å². The molecule has 2 rings (SSSR count). The number of rotatable bonds is 6. The molecule has 0 saturated heterocycles. The Kier molecular flexibility index (Phi) is 5.54. The molecule has 0 saturated carbocycles. The Labute approximate surface area is 145 Å². The highest BCUT2D eigenvalue weighted by molar-refractivity contribution is 5.88. The maximum atomic E-state index is 13.7. The van der Waals surface area contributed by atoms with Gasteiger partial charge in [0, 0.05) is 0 Å². The predicted molar refractivity (Wildman–Crippen MR) is 90.7 cm³/mol. The van der Waals surface area contributed by atoms with E-state index in [0.717, 1.165) is 12.1 Å². The number of halogens is 1. The van der Waals surface area contributed by atoms with Crippen molar-refractivity contribution in [2.75, 3.05) is 0 Å². The average Bonchev–Trinajstić information content (AvgIpc) is 2.55. The van der Waals surface area contributed by atoms with Crippen LogP contribution in [0.15, 0.2) is 48.5 Å². The first kappa shape index (κ1) is 18.6. The molecular formula is C19H20FNO4. The summed E-state index contributed by atoms with van der Waals surface area (Å²) < 4.78 is 13.7. The average molecular weight is 345 g/mol. The molecule has 0 aromatic heterocycles. The van der Waals surface area contributed by atoms with Gasteiger partial charge in [0.2, 0.25) is 5.91 Å². The van der Waals surface area contributed by atoms with Gasteiger partial charge >= 0.3 is 5.97 Å². The quantitative estimate of drug-likeness (QED) is 0.751. The van der Waals surface area contributed by atoms with Gasteiger partial charge in [-0.05, 0) is 37.1 Å². The highest BCUT2D eigenvalue weighted by Gasteiger charge is 2.31. The monoisotopic (exact) mass is 345 g/mol. The summed E-state index contributed by atoms with van der Waals surface area (Å²) in [5, 5.41) is 22.2. The topological polar surface area (TPSA) is 86.6 Å². The standard InChI is InChI=1S/C19H20FNO4/c1-12(19(2,25)14-6-4-3-5-7-14)21-17(22)11-13-8-9-15(18(23)24)16(20)10-13/h3-10,12,25H,11H2,1-2H3,(H,21,22)(H,23,24)/t12-,19-/m1/s1. The molecule has 1 amide bonds. The number of hydrogen-bond donors (Lipinski definition) is 3. The maximum Gasteiger partial charge on any atom is 0.338 e. The lowest BCUT2D eigenvalue weighted by molar-refractivity contribution is -0.123. The number of nitrogens with one attached hydrogen (secondary N) is 1. The summed E-state index contributed by atoms with van der Waals surface area (Å²) >= 11 is 0. The molecule has 0 aliphatic carbocycles. The van der Waals surface area contributed by atoms with Crippen LogP contribution in [-0.4, -0.2) is 28.1 Å². The van der Waals surface area contributed by atoms with Crippen molar-refractivity contribution in [2.45, 2.75) is 31.9 Å². The van der Waals surface area contributed by atoms with Gasteiger partial charge in [0.15, 0.2) is 0 Å². The SMILES string of the molecule is C[C@@H](NC(=O)Cc1ccc(C(=O)O)c(F)c1)[C@@](C)(O)c1ccccc1. The number of carbonyl (C=O) groups excluding carboxylic acids is 1. The minimum Gasteiger partial charge on any atom is -0.478 e. The van der Waals surface area contributed by atoms with Crippen LogP contribution < -0.4 is 5.32 Å². The molecule has 0 bridgehead atoms. The zero-order chi connectivity index (χ0) is 18.6. The van der Waals surface area contributed by atoms with Crippen molar-refractivity contribution in [3.63, 3.8) is 0 Å². The molecule has 2 aromatic rings. The molecule has 5 nitrogen and oxygen atoms in total. The van der Waals surface area contributed by atoms with Crippen LogP contribution in [0.5, 0.6) is 0 Å². The van der Waals surface area contributed by atoms with Gasteiger partial charge in [-0.3, -0.25) is 4.79 Å². The summed E-state index contributed by atoms with van der Waals surface area (Å²) in [5.74, 6) is -2.64. The molecule has 25 heavy (non-hydrogen) atoms. The van der Waals surface area contributed by atoms with Crippen LogP contribution in [0, 0.1) is 5.82 Å². The molecule has 0 aliphatic rings. The summed E-state index contributed by atoms with van der Waals surface area (Å²) in [6.07, 6.45) is -0.119. The molecule has 0 radical (unpaired) electrons. The van der Waals surface area contributed by atoms with Crippen LogP contribution >= 0.6 is 0 Å². The van der Waals surface area contributed by atoms with Crippen molar-refractivity contribution in [1.82, 2.24) is 5.32 Å². The second-order valence-electron chi connectivity index (χ2n) is 6.10. The van der Waals surface area contributed by atoms with E-state index in [4.69, 9.17) is 5.11 Å². The van der Waals surface area contributed by atoms with Crippen LogP contribution in [0.3, 0.4) is 0 Å². The van der Waals surface area contributed by atoms with E-state index in [-0.39, 0.29) is 6.42 Å². The van der Waals surface area contributed by atoms with Gasteiger partial charge in [-0.25, -0.2) is 9.18 Å². The van der Waals surface area contributed by atoms with E-state index >= 15 is 0 Å². The molecule has 0 fully saturated rings. The molecule has 2 aromatic carbocycles. The predicted octanol–water partition coefficient (Wildman–Crippen LogP) is 2.48. The second kappa shape index (κ2) is 7.44. The Morgan fingerprint density at radius 1 is 1.20 bits per heavy atom. The fraction of sp³-hybridized carbons (Fsp3) is 0.263. The van der Waals surface area contributed by atoms with Crippen molar-refractivity contribution in [3.05, 3.63) is 71.0 Å². The minimum absolute atomic E-state index is 0.119. The fourth-order valence-corrected chi connectivity index (χ4v) is 2.49. The van der Waals surface area contributed by atoms with Crippen LogP contribution in [0.25, 0.3) is 0 Å². The Hall–Kier alpha value is -2.73. The van der Waals surface area contributed by atoms with Gasteiger partial charge < -0.3 is 15.5 Å². The van der Waals surface area contributed by atoms with Crippen LogP contribution in [0.4, 0.5) is 4.39 Å². The summed E-state index contributed by atoms with van der Waals surface area (Å²) in [5.41, 5.74) is -0.689. The van der Waals surface area contributed by atoms with Gasteiger partial charge in [-0.15, -0.1) is 0 Å². The number of aliphatic hydroxyl groups is 1. The molecule has 0 spiro atoms. The summed E-state index contributed by atoms with van der Waals surface area (Å²) in [6, 6.07) is 11.9. The van der Waals surface area contributed by atoms with Gasteiger partial charge in [0.1, 0.15) is 11.4 Å². The maximum absolute atomic E-state index is 13.7. The van der Waals surface area contributed by atoms with Crippen molar-refractivity contribution < 1.29 is 24.2 Å². The van der Waals surface area contributed by atoms with Gasteiger partial charge in [0.25, 0.3) is 0 Å². The normalized spacial score (nSPS) is 14.4. The fourth-order valence-electron chi connectivity index (χ4n) is 2.49. The van der Waals surface area contributed by atoms with Crippen LogP contribution in [0.1, 0.15) is 35.3 Å². The van der Waals surface area contributed by atoms with Crippen LogP contribution in [0.2, 0.25) is 0 Å². The highest BCUT2D eigenvalue weighted by Crippen LogP contribution is 2.24. The molecule has 3 N–H and O–H groups in total. The number of aromatic carboxylic acids is 1. The number of carbonyl (C=O) groups is 2. The first-order chi connectivity index (χ1) is 11.7. The Morgan fingerprint density at radius 2 is 1.84 bits per heavy atom. The second-order valence-corrected chi connectivity index (χ2v) is 6.10. The van der Waals surface area contributed by atoms with Gasteiger partial charge in [-0.1, -0.05) is 36.4 Å². The first-order valence-electron chi connectivity index (χ1n) is 7.80. The zero-order valence-corrected chi connectivity index (χ0v) is 14.0. The highest BCUT2D eigenvalue weighted by atomic mass is 19.1. The van der Waals surface area contributed by atoms with E-state index in [1.54, 1.807) is 38.1 Å². The zero-order valence-electron chi connectivity index (χ0n) is 14.0. The Balaban J connectivity index is 2.05. The summed E-state index contributed by atoms with van der Waals surface area (Å²) in [4.78, 5) is 23.0. The number of hydrogen-bond acceptors (Lipinski definition) is 3. The lowest BCUT2D eigenvalue weighted by Crippen LogP contribution is -2.47. The molecule has 132 valence electrons. The van der Waals surface area contributed by atoms with E-state index in [1.165, 1.54) is 6.07 Å². The van der Waals surface area contributed by atoms with Crippen molar-refractivity contribution >= 4 is 11.9 Å². The van der Waals surface area contributed by atoms with E-state index in [9.17, 15) is 19.1 Å². The summed E-state index contributed by atoms with van der Waals surface area (Å²) in [6.45, 7) is 3.29. The van der Waals surface area contributed by atoms with E-state index in [0.29, 0.717) is 11.1 Å². The van der Waals surface area contributed by atoms with E-state index < -0.39 is 34.9 Å². The lowest BCUT2D eigenvalue weighted by Gasteiger charge is -2.31. The molecule has 0 aliphatic heterocycles. The number of carboxylic acids is 1. The Morgan fingerprint density at radius 3 is 2.40 bits per heavy atom. The number of benzene rings is 2. The summed E-state index contributed by atoms with van der Waals surface area (Å²) in [7, 11) is 0. The van der Waals surface area contributed by atoms with Gasteiger partial charge in [0.05, 0.1) is 18.0 Å². The third-order valence-corrected chi connectivity index (χ3v) is 4.21. The van der Waals surface area contributed by atoms with E-state index in [2.05, 4.69) is 5.32 Å². The van der Waals surface area contributed by atoms with E-state index in [1.807, 2.05) is 6.07 Å². The molecule has 0 unspecified atom stereocenters. The lowest BCUT2D eigenvalue weighted by atomic mass is 9.89. The van der Waals surface area contributed by atoms with Gasteiger partial charge in [-0.2, -0.15) is 0 Å². The third kappa shape index (κ3) is 4.42. The van der Waals surface area contributed by atoms with Crippen molar-refractivity contribution in [2.24, 2.45) is 0 Å². The smallest absolute Gasteiger partial charge is 0.338 e. The molecule has 6 heteroatoms. The van der Waals surface area contributed by atoms with Crippen LogP contribution in [-0.2, 0) is 16.8 Å². The van der Waals surface area contributed by atoms with Crippen molar-refractivity contribution in [3.8, 4) is 0 Å². The largest absolute Gasteiger partial charge is 0.478 e. The third-order valence-electron chi connectivity index (χ3n) is 4.21. The molecular weight excluding hydrogens is 325 g/mol. The minimum atomic E-state index is -1.36. The Bertz CT molecular complexity index is 774.